The highest BCUT2D eigenvalue weighted by Crippen LogP contribution is 2.22. The van der Waals surface area contributed by atoms with Gasteiger partial charge in [0, 0.05) is 5.56 Å². The number of aliphatic carboxylic acids is 1. The topological polar surface area (TPSA) is 132 Å². The van der Waals surface area contributed by atoms with Crippen molar-refractivity contribution in [1.29, 1.82) is 0 Å². The predicted molar refractivity (Wildman–Crippen MR) is 53.0 cm³/mol. The van der Waals surface area contributed by atoms with Gasteiger partial charge in [-0.15, -0.1) is 0 Å². The van der Waals surface area contributed by atoms with Crippen molar-refractivity contribution >= 4 is 17.9 Å². The Morgan fingerprint density at radius 1 is 1.00 bits per heavy atom. The van der Waals surface area contributed by atoms with E-state index in [-0.39, 0.29) is 0 Å². The van der Waals surface area contributed by atoms with Gasteiger partial charge in [-0.1, -0.05) is 12.1 Å². The first-order valence-corrected chi connectivity index (χ1v) is 4.36. The number of benzene rings is 1. The maximum Gasteiger partial charge on any atom is 0.337 e. The lowest BCUT2D eigenvalue weighted by Gasteiger charge is -2.11. The highest BCUT2D eigenvalue weighted by molar-refractivity contribution is 6.03. The molecule has 0 radical (unpaired) electrons. The first-order valence-electron chi connectivity index (χ1n) is 4.36. The Hall–Kier alpha value is -2.41. The smallest absolute Gasteiger partial charge is 0.337 e. The summed E-state index contributed by atoms with van der Waals surface area (Å²) >= 11 is 0. The number of aliphatic hydroxyl groups is 1. The molecule has 0 saturated heterocycles. The van der Waals surface area contributed by atoms with Crippen LogP contribution in [0.15, 0.2) is 18.2 Å². The summed E-state index contributed by atoms with van der Waals surface area (Å²) in [6.07, 6.45) is -2.08. The van der Waals surface area contributed by atoms with Crippen LogP contribution < -0.4 is 0 Å². The number of aliphatic hydroxyl groups excluding tert-OH is 1. The number of carbonyl (C=O) groups is 3. The van der Waals surface area contributed by atoms with E-state index in [1.165, 1.54) is 0 Å². The van der Waals surface area contributed by atoms with Gasteiger partial charge in [0.15, 0.2) is 6.10 Å². The fourth-order valence-corrected chi connectivity index (χ4v) is 1.35. The third kappa shape index (κ3) is 2.40. The van der Waals surface area contributed by atoms with Gasteiger partial charge in [-0.3, -0.25) is 0 Å². The van der Waals surface area contributed by atoms with Gasteiger partial charge < -0.3 is 20.4 Å². The second-order valence-corrected chi connectivity index (χ2v) is 3.12. The van der Waals surface area contributed by atoms with E-state index < -0.39 is 40.7 Å². The minimum Gasteiger partial charge on any atom is -0.479 e. The Morgan fingerprint density at radius 3 is 2.00 bits per heavy atom. The molecule has 0 amide bonds. The Kier molecular flexibility index (Phi) is 3.44. The molecule has 0 spiro atoms. The van der Waals surface area contributed by atoms with Crippen LogP contribution in [0.1, 0.15) is 32.4 Å². The van der Waals surface area contributed by atoms with Gasteiger partial charge in [0.1, 0.15) is 0 Å². The summed E-state index contributed by atoms with van der Waals surface area (Å²) in [5, 5.41) is 35.5. The summed E-state index contributed by atoms with van der Waals surface area (Å²) in [5.41, 5.74) is -1.77. The molecule has 1 rings (SSSR count). The Bertz CT molecular complexity index is 491. The fourth-order valence-electron chi connectivity index (χ4n) is 1.35. The molecule has 1 aromatic carbocycles. The number of carboxylic acids is 3. The van der Waals surface area contributed by atoms with Crippen LogP contribution in [-0.4, -0.2) is 38.3 Å². The van der Waals surface area contributed by atoms with Crippen LogP contribution >= 0.6 is 0 Å². The summed E-state index contributed by atoms with van der Waals surface area (Å²) in [4.78, 5) is 32.3. The third-order valence-corrected chi connectivity index (χ3v) is 2.07. The number of rotatable bonds is 4. The van der Waals surface area contributed by atoms with Crippen molar-refractivity contribution in [1.82, 2.24) is 0 Å². The van der Waals surface area contributed by atoms with Crippen molar-refractivity contribution < 1.29 is 34.8 Å². The number of aromatic carboxylic acids is 2. The molecule has 0 aromatic heterocycles. The van der Waals surface area contributed by atoms with Crippen molar-refractivity contribution in [3.8, 4) is 0 Å². The molecule has 0 saturated carbocycles. The minimum absolute atomic E-state index is 0.468. The zero-order valence-electron chi connectivity index (χ0n) is 8.32. The zero-order valence-corrected chi connectivity index (χ0v) is 8.32. The van der Waals surface area contributed by atoms with Crippen LogP contribution in [0.4, 0.5) is 0 Å². The molecule has 0 bridgehead atoms. The molecule has 1 unspecified atom stereocenters. The average Bonchev–Trinajstić information content (AvgIpc) is 2.26. The summed E-state index contributed by atoms with van der Waals surface area (Å²) < 4.78 is 0. The van der Waals surface area contributed by atoms with Crippen molar-refractivity contribution in [2.45, 2.75) is 6.10 Å². The van der Waals surface area contributed by atoms with Crippen LogP contribution in [0.25, 0.3) is 0 Å². The molecule has 17 heavy (non-hydrogen) atoms. The standard InChI is InChI=1S/C10H8O7/c11-7(10(16)17)4-2-1-3-5(8(12)13)6(4)9(14)15/h1-3,7,11H,(H,12,13)(H,14,15)(H,16,17). The second kappa shape index (κ2) is 4.62. The van der Waals surface area contributed by atoms with Gasteiger partial charge in [0.05, 0.1) is 11.1 Å². The first-order chi connectivity index (χ1) is 7.86. The SMILES string of the molecule is O=C(O)c1cccc(C(O)C(=O)O)c1C(=O)O. The molecular weight excluding hydrogens is 232 g/mol. The fraction of sp³-hybridized carbons (Fsp3) is 0.100. The Balaban J connectivity index is 3.50. The van der Waals surface area contributed by atoms with Crippen molar-refractivity contribution in [3.05, 3.63) is 34.9 Å². The molecule has 0 aliphatic rings. The number of hydrogen-bond acceptors (Lipinski definition) is 4. The lowest BCUT2D eigenvalue weighted by Crippen LogP contribution is -2.18. The highest BCUT2D eigenvalue weighted by Gasteiger charge is 2.27. The molecule has 7 heteroatoms. The lowest BCUT2D eigenvalue weighted by molar-refractivity contribution is -0.146. The van der Waals surface area contributed by atoms with Gasteiger partial charge >= 0.3 is 17.9 Å². The molecule has 4 N–H and O–H groups in total. The summed E-state index contributed by atoms with van der Waals surface area (Å²) in [6.45, 7) is 0. The maximum atomic E-state index is 10.9. The van der Waals surface area contributed by atoms with Crippen LogP contribution in [0.5, 0.6) is 0 Å². The summed E-state index contributed by atoms with van der Waals surface area (Å²) in [5.74, 6) is -4.78. The molecule has 0 heterocycles. The van der Waals surface area contributed by atoms with Gasteiger partial charge in [-0.25, -0.2) is 14.4 Å². The van der Waals surface area contributed by atoms with Crippen LogP contribution in [0, 0.1) is 0 Å². The van der Waals surface area contributed by atoms with Gasteiger partial charge in [-0.2, -0.15) is 0 Å². The quantitative estimate of drug-likeness (QED) is 0.590. The van der Waals surface area contributed by atoms with E-state index >= 15 is 0 Å². The van der Waals surface area contributed by atoms with Crippen LogP contribution in [-0.2, 0) is 4.79 Å². The van der Waals surface area contributed by atoms with Gasteiger partial charge in [0.25, 0.3) is 0 Å². The Labute approximate surface area is 94.6 Å². The largest absolute Gasteiger partial charge is 0.479 e. The molecule has 0 fully saturated rings. The average molecular weight is 240 g/mol. The molecule has 7 nitrogen and oxygen atoms in total. The molecular formula is C10H8O7. The molecule has 1 aromatic rings. The third-order valence-electron chi connectivity index (χ3n) is 2.07. The van der Waals surface area contributed by atoms with Gasteiger partial charge in [-0.05, 0) is 6.07 Å². The van der Waals surface area contributed by atoms with Crippen molar-refractivity contribution in [2.24, 2.45) is 0 Å². The van der Waals surface area contributed by atoms with E-state index in [0.29, 0.717) is 0 Å². The lowest BCUT2D eigenvalue weighted by atomic mass is 9.97. The van der Waals surface area contributed by atoms with Crippen molar-refractivity contribution in [2.75, 3.05) is 0 Å². The summed E-state index contributed by atoms with van der Waals surface area (Å²) in [6, 6.07) is 3.23. The number of hydrogen-bond donors (Lipinski definition) is 4. The second-order valence-electron chi connectivity index (χ2n) is 3.12. The van der Waals surface area contributed by atoms with Crippen LogP contribution in [0.3, 0.4) is 0 Å². The normalized spacial score (nSPS) is 11.8. The van der Waals surface area contributed by atoms with Crippen molar-refractivity contribution in [3.63, 3.8) is 0 Å². The van der Waals surface area contributed by atoms with E-state index in [2.05, 4.69) is 0 Å². The Morgan fingerprint density at radius 2 is 1.59 bits per heavy atom. The molecule has 1 atom stereocenters. The maximum absolute atomic E-state index is 10.9. The van der Waals surface area contributed by atoms with E-state index in [9.17, 15) is 19.5 Å². The van der Waals surface area contributed by atoms with Gasteiger partial charge in [0.2, 0.25) is 0 Å². The molecule has 90 valence electrons. The zero-order chi connectivity index (χ0) is 13.2. The number of carboxylic acid groups (broad SMARTS) is 3. The minimum atomic E-state index is -2.08. The summed E-state index contributed by atoms with van der Waals surface area (Å²) in [7, 11) is 0. The molecule has 0 aliphatic heterocycles. The van der Waals surface area contributed by atoms with E-state index in [4.69, 9.17) is 15.3 Å². The van der Waals surface area contributed by atoms with E-state index in [1.54, 1.807) is 0 Å². The predicted octanol–water partition coefficient (Wildman–Crippen LogP) is 0.201. The van der Waals surface area contributed by atoms with Crippen LogP contribution in [0.2, 0.25) is 0 Å². The van der Waals surface area contributed by atoms with E-state index in [0.717, 1.165) is 18.2 Å². The first kappa shape index (κ1) is 12.7. The highest BCUT2D eigenvalue weighted by atomic mass is 16.4. The molecule has 0 aliphatic carbocycles. The van der Waals surface area contributed by atoms with E-state index in [1.807, 2.05) is 0 Å². The monoisotopic (exact) mass is 240 g/mol.